The van der Waals surface area contributed by atoms with E-state index in [0.29, 0.717) is 6.04 Å². The molecule has 1 heterocycles. The van der Waals surface area contributed by atoms with Crippen LogP contribution >= 0.6 is 0 Å². The Labute approximate surface area is 114 Å². The number of benzene rings is 2. The van der Waals surface area contributed by atoms with Gasteiger partial charge in [0, 0.05) is 19.1 Å². The highest BCUT2D eigenvalue weighted by Gasteiger charge is 2.52. The zero-order valence-corrected chi connectivity index (χ0v) is 11.1. The van der Waals surface area contributed by atoms with Gasteiger partial charge in [-0.05, 0) is 29.4 Å². The lowest BCUT2D eigenvalue weighted by Crippen LogP contribution is -2.26. The van der Waals surface area contributed by atoms with Gasteiger partial charge in [0.1, 0.15) is 0 Å². The second-order valence-corrected chi connectivity index (χ2v) is 5.93. The minimum Gasteiger partial charge on any atom is -0.292 e. The Bertz CT molecular complexity index is 548. The van der Waals surface area contributed by atoms with E-state index in [4.69, 9.17) is 0 Å². The van der Waals surface area contributed by atoms with Gasteiger partial charge in [-0.3, -0.25) is 4.90 Å². The lowest BCUT2D eigenvalue weighted by molar-refractivity contribution is 0.213. The third-order valence-electron chi connectivity index (χ3n) is 4.61. The van der Waals surface area contributed by atoms with Gasteiger partial charge in [0.05, 0.1) is 0 Å². The number of fused-ring (bicyclic) bond motifs is 1. The molecule has 1 aliphatic heterocycles. The third-order valence-corrected chi connectivity index (χ3v) is 4.61. The van der Waals surface area contributed by atoms with Gasteiger partial charge in [0.2, 0.25) is 0 Å². The Morgan fingerprint density at radius 1 is 0.895 bits per heavy atom. The third kappa shape index (κ3) is 2.08. The predicted octanol–water partition coefficient (Wildman–Crippen LogP) is 3.88. The Balaban J connectivity index is 1.59. The summed E-state index contributed by atoms with van der Waals surface area (Å²) >= 11 is 0. The molecule has 2 fully saturated rings. The van der Waals surface area contributed by atoms with Crippen LogP contribution in [0, 0.1) is 11.8 Å². The van der Waals surface area contributed by atoms with Crippen LogP contribution in [-0.2, 0) is 6.54 Å². The average Bonchev–Trinajstić information content (AvgIpc) is 3.12. The second kappa shape index (κ2) is 4.50. The monoisotopic (exact) mass is 249 g/mol. The summed E-state index contributed by atoms with van der Waals surface area (Å²) in [5.41, 5.74) is 2.94. The van der Waals surface area contributed by atoms with E-state index in [1.54, 1.807) is 0 Å². The molecule has 0 aromatic heterocycles. The number of hydrogen-bond donors (Lipinski definition) is 0. The average molecular weight is 249 g/mol. The van der Waals surface area contributed by atoms with Crippen LogP contribution in [0.5, 0.6) is 0 Å². The standard InChI is InChI=1S/C18H19N/c1-3-7-14(8-4-1)12-19-13-16-11-17(16)18(19)15-9-5-2-6-10-15/h1-10,16-18H,11-13H2/t16-,17-,18-/m1/s1. The molecule has 2 aliphatic rings. The van der Waals surface area contributed by atoms with E-state index >= 15 is 0 Å². The van der Waals surface area contributed by atoms with Gasteiger partial charge in [-0.2, -0.15) is 0 Å². The van der Waals surface area contributed by atoms with E-state index < -0.39 is 0 Å². The van der Waals surface area contributed by atoms with Crippen molar-refractivity contribution in [1.82, 2.24) is 4.90 Å². The van der Waals surface area contributed by atoms with Crippen LogP contribution in [0.4, 0.5) is 0 Å². The fourth-order valence-corrected chi connectivity index (χ4v) is 3.64. The summed E-state index contributed by atoms with van der Waals surface area (Å²) in [4.78, 5) is 2.67. The molecule has 1 aliphatic carbocycles. The lowest BCUT2D eigenvalue weighted by Gasteiger charge is -2.27. The number of likely N-dealkylation sites (tertiary alicyclic amines) is 1. The van der Waals surface area contributed by atoms with Gasteiger partial charge in [-0.25, -0.2) is 0 Å². The van der Waals surface area contributed by atoms with Crippen molar-refractivity contribution in [2.24, 2.45) is 11.8 Å². The fraction of sp³-hybridized carbons (Fsp3) is 0.333. The van der Waals surface area contributed by atoms with E-state index in [9.17, 15) is 0 Å². The highest BCUT2D eigenvalue weighted by molar-refractivity contribution is 5.25. The van der Waals surface area contributed by atoms with E-state index in [0.717, 1.165) is 18.4 Å². The van der Waals surface area contributed by atoms with Crippen molar-refractivity contribution in [3.8, 4) is 0 Å². The molecule has 4 rings (SSSR count). The molecular weight excluding hydrogens is 230 g/mol. The van der Waals surface area contributed by atoms with Crippen LogP contribution in [0.1, 0.15) is 23.6 Å². The Morgan fingerprint density at radius 3 is 2.32 bits per heavy atom. The molecule has 2 aromatic carbocycles. The number of hydrogen-bond acceptors (Lipinski definition) is 1. The molecule has 0 spiro atoms. The first kappa shape index (κ1) is 11.2. The summed E-state index contributed by atoms with van der Waals surface area (Å²) in [7, 11) is 0. The predicted molar refractivity (Wildman–Crippen MR) is 77.6 cm³/mol. The summed E-state index contributed by atoms with van der Waals surface area (Å²) in [6, 6.07) is 22.6. The molecule has 0 unspecified atom stereocenters. The highest BCUT2D eigenvalue weighted by atomic mass is 15.2. The molecule has 19 heavy (non-hydrogen) atoms. The molecule has 1 heteroatoms. The van der Waals surface area contributed by atoms with Gasteiger partial charge in [-0.1, -0.05) is 60.7 Å². The van der Waals surface area contributed by atoms with Crippen molar-refractivity contribution in [3.05, 3.63) is 71.8 Å². The maximum Gasteiger partial charge on any atom is 0.0383 e. The summed E-state index contributed by atoms with van der Waals surface area (Å²) in [6.45, 7) is 2.37. The van der Waals surface area contributed by atoms with Crippen LogP contribution in [0.3, 0.4) is 0 Å². The fourth-order valence-electron chi connectivity index (χ4n) is 3.64. The van der Waals surface area contributed by atoms with E-state index in [1.165, 1.54) is 24.1 Å². The van der Waals surface area contributed by atoms with Crippen molar-refractivity contribution in [2.45, 2.75) is 19.0 Å². The molecule has 1 nitrogen and oxygen atoms in total. The highest BCUT2D eigenvalue weighted by Crippen LogP contribution is 2.56. The normalized spacial score (nSPS) is 29.2. The van der Waals surface area contributed by atoms with Gasteiger partial charge in [-0.15, -0.1) is 0 Å². The summed E-state index contributed by atoms with van der Waals surface area (Å²) in [5.74, 6) is 1.86. The number of nitrogens with zero attached hydrogens (tertiary/aromatic N) is 1. The molecule has 0 N–H and O–H groups in total. The molecule has 0 amide bonds. The zero-order chi connectivity index (χ0) is 12.7. The molecule has 96 valence electrons. The van der Waals surface area contributed by atoms with Crippen LogP contribution in [-0.4, -0.2) is 11.4 Å². The molecule has 3 atom stereocenters. The molecule has 0 bridgehead atoms. The molecule has 2 aromatic rings. The summed E-state index contributed by atoms with van der Waals surface area (Å²) in [6.07, 6.45) is 1.44. The first-order chi connectivity index (χ1) is 9.42. The van der Waals surface area contributed by atoms with Crippen molar-refractivity contribution in [1.29, 1.82) is 0 Å². The van der Waals surface area contributed by atoms with Crippen molar-refractivity contribution in [2.75, 3.05) is 6.54 Å². The number of rotatable bonds is 3. The van der Waals surface area contributed by atoms with Crippen LogP contribution < -0.4 is 0 Å². The zero-order valence-electron chi connectivity index (χ0n) is 11.1. The van der Waals surface area contributed by atoms with Gasteiger partial charge < -0.3 is 0 Å². The van der Waals surface area contributed by atoms with Crippen molar-refractivity contribution < 1.29 is 0 Å². The largest absolute Gasteiger partial charge is 0.292 e. The van der Waals surface area contributed by atoms with Crippen LogP contribution in [0.2, 0.25) is 0 Å². The minimum atomic E-state index is 0.645. The summed E-state index contributed by atoms with van der Waals surface area (Å²) in [5, 5.41) is 0. The van der Waals surface area contributed by atoms with Gasteiger partial charge in [0.25, 0.3) is 0 Å². The van der Waals surface area contributed by atoms with Gasteiger partial charge >= 0.3 is 0 Å². The van der Waals surface area contributed by atoms with E-state index in [2.05, 4.69) is 65.6 Å². The molecule has 1 saturated heterocycles. The minimum absolute atomic E-state index is 0.645. The van der Waals surface area contributed by atoms with Crippen molar-refractivity contribution >= 4 is 0 Å². The van der Waals surface area contributed by atoms with Crippen LogP contribution in [0.25, 0.3) is 0 Å². The summed E-state index contributed by atoms with van der Waals surface area (Å²) < 4.78 is 0. The quantitative estimate of drug-likeness (QED) is 0.798. The van der Waals surface area contributed by atoms with Gasteiger partial charge in [0.15, 0.2) is 0 Å². The topological polar surface area (TPSA) is 3.24 Å². The maximum atomic E-state index is 2.67. The number of piperidine rings is 1. The first-order valence-electron chi connectivity index (χ1n) is 7.25. The molecular formula is C18H19N. The Hall–Kier alpha value is -1.60. The second-order valence-electron chi connectivity index (χ2n) is 5.93. The first-order valence-corrected chi connectivity index (χ1v) is 7.25. The Morgan fingerprint density at radius 2 is 1.58 bits per heavy atom. The molecule has 0 radical (unpaired) electrons. The van der Waals surface area contributed by atoms with E-state index in [1.807, 2.05) is 0 Å². The maximum absolute atomic E-state index is 2.67. The SMILES string of the molecule is c1ccc(CN2C[C@H]3C[C@H]3[C@H]2c2ccccc2)cc1. The van der Waals surface area contributed by atoms with Crippen LogP contribution in [0.15, 0.2) is 60.7 Å². The molecule has 1 saturated carbocycles. The smallest absolute Gasteiger partial charge is 0.0383 e. The lowest BCUT2D eigenvalue weighted by atomic mass is 10.0. The Kier molecular flexibility index (Phi) is 2.66. The van der Waals surface area contributed by atoms with Crippen molar-refractivity contribution in [3.63, 3.8) is 0 Å². The van der Waals surface area contributed by atoms with E-state index in [-0.39, 0.29) is 0 Å².